The van der Waals surface area contributed by atoms with Gasteiger partial charge >= 0.3 is 5.97 Å². The van der Waals surface area contributed by atoms with Crippen molar-refractivity contribution in [3.8, 4) is 0 Å². The van der Waals surface area contributed by atoms with Crippen LogP contribution in [0.3, 0.4) is 0 Å². The van der Waals surface area contributed by atoms with Crippen LogP contribution in [0, 0.1) is 6.92 Å². The van der Waals surface area contributed by atoms with Gasteiger partial charge in [-0.15, -0.1) is 0 Å². The van der Waals surface area contributed by atoms with E-state index in [0.717, 1.165) is 12.8 Å². The SMILES string of the molecule is Cc1nccn2nc(C3CC3)c(C(=O)O)c12.[K]. The van der Waals surface area contributed by atoms with E-state index in [-0.39, 0.29) is 51.4 Å². The van der Waals surface area contributed by atoms with Crippen LogP contribution >= 0.6 is 0 Å². The Balaban J connectivity index is 0.00000108. The van der Waals surface area contributed by atoms with Crippen LogP contribution in [0.1, 0.15) is 40.5 Å². The number of aryl methyl sites for hydroxylation is 1. The molecule has 1 aliphatic carbocycles. The predicted molar refractivity (Wildman–Crippen MR) is 62.4 cm³/mol. The smallest absolute Gasteiger partial charge is 0.339 e. The number of hydrogen-bond donors (Lipinski definition) is 1. The Morgan fingerprint density at radius 2 is 2.24 bits per heavy atom. The summed E-state index contributed by atoms with van der Waals surface area (Å²) < 4.78 is 1.62. The quantitative estimate of drug-likeness (QED) is 0.821. The van der Waals surface area contributed by atoms with Gasteiger partial charge in [-0.25, -0.2) is 9.31 Å². The first-order valence-corrected chi connectivity index (χ1v) is 5.25. The predicted octanol–water partition coefficient (Wildman–Crippen LogP) is 1.23. The number of carbonyl (C=O) groups is 1. The molecule has 0 atom stereocenters. The Bertz CT molecular complexity index is 590. The van der Waals surface area contributed by atoms with Crippen molar-refractivity contribution in [2.45, 2.75) is 25.7 Å². The van der Waals surface area contributed by atoms with Crippen molar-refractivity contribution in [2.24, 2.45) is 0 Å². The molecule has 0 saturated heterocycles. The van der Waals surface area contributed by atoms with Gasteiger partial charge in [0.1, 0.15) is 11.1 Å². The van der Waals surface area contributed by atoms with E-state index in [1.54, 1.807) is 23.8 Å². The molecular formula is C11H11KN3O2. The maximum absolute atomic E-state index is 11.3. The molecule has 1 saturated carbocycles. The van der Waals surface area contributed by atoms with Crippen molar-refractivity contribution in [1.29, 1.82) is 0 Å². The summed E-state index contributed by atoms with van der Waals surface area (Å²) in [6.07, 6.45) is 5.41. The summed E-state index contributed by atoms with van der Waals surface area (Å²) in [5.74, 6) is -0.585. The molecule has 1 N–H and O–H groups in total. The molecule has 5 nitrogen and oxygen atoms in total. The van der Waals surface area contributed by atoms with E-state index in [1.165, 1.54) is 0 Å². The van der Waals surface area contributed by atoms with Crippen molar-refractivity contribution in [2.75, 3.05) is 0 Å². The van der Waals surface area contributed by atoms with Crippen LogP contribution in [0.2, 0.25) is 0 Å². The molecule has 6 heteroatoms. The second kappa shape index (κ2) is 4.77. The van der Waals surface area contributed by atoms with Gasteiger partial charge in [-0.3, -0.25) is 4.98 Å². The molecule has 17 heavy (non-hydrogen) atoms. The second-order valence-corrected chi connectivity index (χ2v) is 4.15. The van der Waals surface area contributed by atoms with Crippen LogP contribution in [0.4, 0.5) is 0 Å². The molecule has 2 heterocycles. The number of nitrogens with zero attached hydrogens (tertiary/aromatic N) is 3. The molecular weight excluding hydrogens is 245 g/mol. The van der Waals surface area contributed by atoms with E-state index >= 15 is 0 Å². The van der Waals surface area contributed by atoms with E-state index in [1.807, 2.05) is 0 Å². The first-order valence-electron chi connectivity index (χ1n) is 5.25. The van der Waals surface area contributed by atoms with Crippen molar-refractivity contribution in [3.63, 3.8) is 0 Å². The molecule has 2 aromatic rings. The Hall–Kier alpha value is -0.274. The molecule has 0 amide bonds. The average molecular weight is 256 g/mol. The molecule has 0 aliphatic heterocycles. The summed E-state index contributed by atoms with van der Waals surface area (Å²) in [7, 11) is 0. The van der Waals surface area contributed by atoms with Gasteiger partial charge in [-0.1, -0.05) is 0 Å². The fourth-order valence-corrected chi connectivity index (χ4v) is 2.03. The van der Waals surface area contributed by atoms with Gasteiger partial charge in [0.25, 0.3) is 0 Å². The summed E-state index contributed by atoms with van der Waals surface area (Å²) in [4.78, 5) is 15.4. The summed E-state index contributed by atoms with van der Waals surface area (Å²) in [5.41, 5.74) is 2.37. The molecule has 0 bridgehead atoms. The van der Waals surface area contributed by atoms with Gasteiger partial charge in [-0.2, -0.15) is 5.10 Å². The third-order valence-corrected chi connectivity index (χ3v) is 2.93. The van der Waals surface area contributed by atoms with Gasteiger partial charge in [0, 0.05) is 69.7 Å². The monoisotopic (exact) mass is 256 g/mol. The summed E-state index contributed by atoms with van der Waals surface area (Å²) in [5, 5.41) is 13.6. The minimum atomic E-state index is -0.909. The van der Waals surface area contributed by atoms with Crippen LogP contribution in [0.15, 0.2) is 12.4 Å². The van der Waals surface area contributed by atoms with Gasteiger partial charge in [0.2, 0.25) is 0 Å². The van der Waals surface area contributed by atoms with Crippen LogP contribution in [-0.2, 0) is 0 Å². The number of rotatable bonds is 2. The molecule has 1 radical (unpaired) electrons. The number of hydrogen-bond acceptors (Lipinski definition) is 3. The molecule has 1 aliphatic rings. The topological polar surface area (TPSA) is 67.5 Å². The summed E-state index contributed by atoms with van der Waals surface area (Å²) in [6, 6.07) is 0. The third kappa shape index (κ3) is 2.20. The minimum absolute atomic E-state index is 0. The fraction of sp³-hybridized carbons (Fsp3) is 0.364. The first-order chi connectivity index (χ1) is 7.68. The zero-order chi connectivity index (χ0) is 11.3. The summed E-state index contributed by atoms with van der Waals surface area (Å²) >= 11 is 0. The molecule has 1 fully saturated rings. The van der Waals surface area contributed by atoms with E-state index in [9.17, 15) is 9.90 Å². The standard InChI is InChI=1S/C11H11N3O2.K/c1-6-10-8(11(15)16)9(7-2-3-7)13-14(10)5-4-12-6;/h4-5,7H,2-3H2,1H3,(H,15,16);. The van der Waals surface area contributed by atoms with Crippen molar-refractivity contribution < 1.29 is 9.90 Å². The Morgan fingerprint density at radius 3 is 2.82 bits per heavy atom. The minimum Gasteiger partial charge on any atom is -0.478 e. The number of carboxylic acids is 1. The number of fused-ring (bicyclic) bond motifs is 1. The molecule has 0 spiro atoms. The molecule has 0 aromatic carbocycles. The zero-order valence-electron chi connectivity index (χ0n) is 9.84. The second-order valence-electron chi connectivity index (χ2n) is 4.15. The van der Waals surface area contributed by atoms with E-state index in [2.05, 4.69) is 10.1 Å². The van der Waals surface area contributed by atoms with E-state index < -0.39 is 5.97 Å². The zero-order valence-corrected chi connectivity index (χ0v) is 13.0. The maximum Gasteiger partial charge on any atom is 0.339 e. The first kappa shape index (κ1) is 13.2. The van der Waals surface area contributed by atoms with Gasteiger partial charge < -0.3 is 5.11 Å². The van der Waals surface area contributed by atoms with Gasteiger partial charge in [-0.05, 0) is 19.8 Å². The Morgan fingerprint density at radius 1 is 1.53 bits per heavy atom. The van der Waals surface area contributed by atoms with Crippen LogP contribution < -0.4 is 0 Å². The maximum atomic E-state index is 11.3. The van der Waals surface area contributed by atoms with Gasteiger partial charge in [0.05, 0.1) is 11.4 Å². The molecule has 3 rings (SSSR count). The fourth-order valence-electron chi connectivity index (χ4n) is 2.03. The van der Waals surface area contributed by atoms with Crippen LogP contribution in [-0.4, -0.2) is 77.1 Å². The number of aromatic carboxylic acids is 1. The average Bonchev–Trinajstić information content (AvgIpc) is 2.99. The summed E-state index contributed by atoms with van der Waals surface area (Å²) in [6.45, 7) is 1.81. The molecule has 0 unspecified atom stereocenters. The number of aromatic nitrogens is 3. The Kier molecular flexibility index (Phi) is 3.70. The van der Waals surface area contributed by atoms with Crippen LogP contribution in [0.5, 0.6) is 0 Å². The normalized spacial score (nSPS) is 14.6. The van der Waals surface area contributed by atoms with Crippen molar-refractivity contribution >= 4 is 62.9 Å². The van der Waals surface area contributed by atoms with Crippen molar-refractivity contribution in [3.05, 3.63) is 29.3 Å². The van der Waals surface area contributed by atoms with Crippen molar-refractivity contribution in [1.82, 2.24) is 14.6 Å². The number of carboxylic acid groups (broad SMARTS) is 1. The van der Waals surface area contributed by atoms with Crippen LogP contribution in [0.25, 0.3) is 5.52 Å². The van der Waals surface area contributed by atoms with E-state index in [4.69, 9.17) is 0 Å². The largest absolute Gasteiger partial charge is 0.478 e. The molecule has 2 aromatic heterocycles. The van der Waals surface area contributed by atoms with E-state index in [0.29, 0.717) is 28.4 Å². The third-order valence-electron chi connectivity index (χ3n) is 2.93. The molecule has 83 valence electrons. The van der Waals surface area contributed by atoms with Gasteiger partial charge in [0.15, 0.2) is 0 Å². The Labute approximate surface area is 141 Å².